The molecule has 0 spiro atoms. The Labute approximate surface area is 244 Å². The number of para-hydroxylation sites is 3. The molecule has 3 heterocycles. The molecule has 11 heteroatoms. The number of nitrogens with zero attached hydrogens (tertiary/aromatic N) is 6. The number of rotatable bonds is 4. The third kappa shape index (κ3) is 4.20. The second-order valence-corrected chi connectivity index (χ2v) is 10.2. The van der Waals surface area contributed by atoms with E-state index in [1.807, 2.05) is 61.5 Å². The Morgan fingerprint density at radius 1 is 0.952 bits per heavy atom. The lowest BCUT2D eigenvalue weighted by Crippen LogP contribution is -2.46. The van der Waals surface area contributed by atoms with Crippen LogP contribution in [0.25, 0.3) is 5.69 Å². The van der Waals surface area contributed by atoms with Crippen LogP contribution in [0.15, 0.2) is 107 Å². The lowest BCUT2D eigenvalue weighted by Gasteiger charge is -2.40. The van der Waals surface area contributed by atoms with Crippen LogP contribution >= 0.6 is 11.6 Å². The molecule has 1 N–H and O–H groups in total. The summed E-state index contributed by atoms with van der Waals surface area (Å²) < 4.78 is 15.9. The van der Waals surface area contributed by atoms with E-state index in [9.17, 15) is 14.5 Å². The molecule has 0 aliphatic carbocycles. The molecule has 2 aliphatic rings. The fourth-order valence-electron chi connectivity index (χ4n) is 5.37. The van der Waals surface area contributed by atoms with Gasteiger partial charge in [0.2, 0.25) is 0 Å². The molecule has 9 nitrogen and oxygen atoms in total. The number of amidine groups is 2. The van der Waals surface area contributed by atoms with Gasteiger partial charge in [-0.15, -0.1) is 0 Å². The highest BCUT2D eigenvalue weighted by atomic mass is 35.5. The Hall–Kier alpha value is -5.35. The summed E-state index contributed by atoms with van der Waals surface area (Å²) in [6, 6.07) is 27.8. The molecule has 0 saturated carbocycles. The number of benzene rings is 4. The maximum absolute atomic E-state index is 14.1. The number of anilines is 2. The average Bonchev–Trinajstić information content (AvgIpc) is 3.34. The van der Waals surface area contributed by atoms with Gasteiger partial charge in [0.1, 0.15) is 10.8 Å². The number of nitro benzene ring substituents is 1. The van der Waals surface area contributed by atoms with Crippen LogP contribution in [0.3, 0.4) is 0 Å². The smallest absolute Gasteiger partial charge is 0.289 e. The quantitative estimate of drug-likeness (QED) is 0.174. The number of aromatic nitrogens is 2. The van der Waals surface area contributed by atoms with Gasteiger partial charge in [0.25, 0.3) is 5.69 Å². The minimum absolute atomic E-state index is 0.0290. The molecule has 0 unspecified atom stereocenters. The average molecular weight is 578 g/mol. The number of fused-ring (bicyclic) bond motifs is 4. The van der Waals surface area contributed by atoms with Crippen LogP contribution in [0, 0.1) is 22.9 Å². The summed E-state index contributed by atoms with van der Waals surface area (Å²) in [5.41, 5.74) is 4.96. The van der Waals surface area contributed by atoms with Gasteiger partial charge in [0.05, 0.1) is 33.7 Å². The van der Waals surface area contributed by atoms with E-state index in [4.69, 9.17) is 26.7 Å². The number of halogens is 2. The highest BCUT2D eigenvalue weighted by Gasteiger charge is 2.41. The summed E-state index contributed by atoms with van der Waals surface area (Å²) in [6.45, 7) is 1.94. The van der Waals surface area contributed by atoms with E-state index >= 15 is 0 Å². The Morgan fingerprint density at radius 2 is 1.69 bits per heavy atom. The van der Waals surface area contributed by atoms with E-state index in [0.717, 1.165) is 28.2 Å². The van der Waals surface area contributed by atoms with Gasteiger partial charge in [-0.05, 0) is 61.0 Å². The van der Waals surface area contributed by atoms with Crippen LogP contribution < -0.4 is 10.2 Å². The van der Waals surface area contributed by atoms with Gasteiger partial charge in [0, 0.05) is 17.3 Å². The van der Waals surface area contributed by atoms with Gasteiger partial charge in [-0.2, -0.15) is 5.10 Å². The Balaban J connectivity index is 1.47. The summed E-state index contributed by atoms with van der Waals surface area (Å²) in [7, 11) is 0. The van der Waals surface area contributed by atoms with Crippen molar-refractivity contribution in [2.45, 2.75) is 13.0 Å². The highest BCUT2D eigenvalue weighted by Crippen LogP contribution is 2.48. The number of hydrogen-bond donors (Lipinski definition) is 1. The Bertz CT molecular complexity index is 1940. The first kappa shape index (κ1) is 25.6. The molecule has 42 heavy (non-hydrogen) atoms. The summed E-state index contributed by atoms with van der Waals surface area (Å²) in [5, 5.41) is 19.7. The fourth-order valence-corrected chi connectivity index (χ4v) is 5.56. The Morgan fingerprint density at radius 3 is 2.45 bits per heavy atom. The van der Waals surface area contributed by atoms with Crippen molar-refractivity contribution < 1.29 is 9.31 Å². The maximum atomic E-state index is 14.1. The number of hydrogen-bond acceptors (Lipinski definition) is 7. The van der Waals surface area contributed by atoms with E-state index in [-0.39, 0.29) is 16.5 Å². The molecule has 1 atom stereocenters. The van der Waals surface area contributed by atoms with Crippen molar-refractivity contribution in [3.63, 3.8) is 0 Å². The van der Waals surface area contributed by atoms with Gasteiger partial charge in [-0.25, -0.2) is 19.1 Å². The van der Waals surface area contributed by atoms with Gasteiger partial charge in [-0.1, -0.05) is 54.1 Å². The molecule has 7 rings (SSSR count). The molecule has 0 radical (unpaired) electrons. The predicted octanol–water partition coefficient (Wildman–Crippen LogP) is 7.68. The van der Waals surface area contributed by atoms with Crippen molar-refractivity contribution in [2.75, 3.05) is 10.2 Å². The molecular formula is C31H21ClFN7O2. The predicted molar refractivity (Wildman–Crippen MR) is 161 cm³/mol. The van der Waals surface area contributed by atoms with Gasteiger partial charge >= 0.3 is 0 Å². The van der Waals surface area contributed by atoms with Crippen LogP contribution in [0.1, 0.15) is 22.9 Å². The van der Waals surface area contributed by atoms with Crippen LogP contribution in [0.2, 0.25) is 5.02 Å². The lowest BCUT2D eigenvalue weighted by molar-refractivity contribution is -0.384. The van der Waals surface area contributed by atoms with Crippen LogP contribution in [0.4, 0.5) is 33.0 Å². The minimum atomic E-state index is -0.534. The SMILES string of the molecule is Cc1nn(-c2ccccc2)c2c1[C@H](c1ccc(F)cc1)N1C(=N2)C(Nc2ccc(Cl)c([N+](=O)[O-])c2)=Nc2ccccc21. The maximum Gasteiger partial charge on any atom is 0.289 e. The first-order chi connectivity index (χ1) is 20.4. The molecule has 5 aromatic rings. The number of aliphatic imine (C=N–C) groups is 2. The molecule has 2 aliphatic heterocycles. The second kappa shape index (κ2) is 9.93. The first-order valence-corrected chi connectivity index (χ1v) is 13.4. The minimum Gasteiger partial charge on any atom is -0.337 e. The lowest BCUT2D eigenvalue weighted by atomic mass is 9.93. The van der Waals surface area contributed by atoms with Crippen LogP contribution in [-0.4, -0.2) is 26.4 Å². The number of nitrogens with one attached hydrogen (secondary N) is 1. The van der Waals surface area contributed by atoms with Gasteiger partial charge in [0.15, 0.2) is 17.5 Å². The van der Waals surface area contributed by atoms with Crippen molar-refractivity contribution in [1.29, 1.82) is 0 Å². The molecule has 0 amide bonds. The van der Waals surface area contributed by atoms with Crippen molar-refractivity contribution in [3.8, 4) is 5.69 Å². The summed E-state index contributed by atoms with van der Waals surface area (Å²) in [4.78, 5) is 23.1. The Kier molecular flexibility index (Phi) is 6.05. The molecule has 0 bridgehead atoms. The van der Waals surface area contributed by atoms with Gasteiger partial charge < -0.3 is 10.2 Å². The fraction of sp³-hybridized carbons (Fsp3) is 0.0645. The highest BCUT2D eigenvalue weighted by molar-refractivity contribution is 6.51. The standard InChI is InChI=1S/C31H21ClFN7O2/c1-18-27-28(19-11-13-20(33)14-12-19)38-25-10-6-5-9-24(25)35-29(34-21-15-16-23(32)26(17-21)40(41)42)31(38)36-30(27)39(37-18)22-7-3-2-4-8-22/h2-17,28H,1H3,(H,34,35)/t28-/m0/s1. The number of nitro groups is 1. The van der Waals surface area contributed by atoms with Crippen LogP contribution in [-0.2, 0) is 0 Å². The van der Waals surface area contributed by atoms with Crippen molar-refractivity contribution in [1.82, 2.24) is 9.78 Å². The largest absolute Gasteiger partial charge is 0.337 e. The molecule has 4 aromatic carbocycles. The van der Waals surface area contributed by atoms with E-state index in [1.54, 1.807) is 22.9 Å². The monoisotopic (exact) mass is 577 g/mol. The van der Waals surface area contributed by atoms with E-state index in [0.29, 0.717) is 28.9 Å². The van der Waals surface area contributed by atoms with E-state index in [2.05, 4.69) is 10.2 Å². The zero-order chi connectivity index (χ0) is 29.0. The summed E-state index contributed by atoms with van der Waals surface area (Å²) >= 11 is 6.08. The van der Waals surface area contributed by atoms with Crippen LogP contribution in [0.5, 0.6) is 0 Å². The summed E-state index contributed by atoms with van der Waals surface area (Å²) in [6.07, 6.45) is 0. The normalized spacial score (nSPS) is 15.2. The third-order valence-corrected chi connectivity index (χ3v) is 7.55. The molecule has 1 aromatic heterocycles. The van der Waals surface area contributed by atoms with E-state index in [1.165, 1.54) is 24.3 Å². The topological polar surface area (TPSA) is 101 Å². The molecule has 0 fully saturated rings. The van der Waals surface area contributed by atoms with Crippen molar-refractivity contribution in [2.24, 2.45) is 9.98 Å². The molecule has 0 saturated heterocycles. The first-order valence-electron chi connectivity index (χ1n) is 13.1. The molecule has 206 valence electrons. The zero-order valence-corrected chi connectivity index (χ0v) is 22.8. The summed E-state index contributed by atoms with van der Waals surface area (Å²) in [5.74, 6) is 1.12. The second-order valence-electron chi connectivity index (χ2n) is 9.83. The number of aryl methyl sites for hydroxylation is 1. The molecular weight excluding hydrogens is 557 g/mol. The van der Waals surface area contributed by atoms with Crippen molar-refractivity contribution >= 4 is 51.8 Å². The van der Waals surface area contributed by atoms with Crippen molar-refractivity contribution in [3.05, 3.63) is 135 Å². The van der Waals surface area contributed by atoms with Gasteiger partial charge in [-0.3, -0.25) is 10.1 Å². The zero-order valence-electron chi connectivity index (χ0n) is 22.1. The van der Waals surface area contributed by atoms with E-state index < -0.39 is 11.0 Å². The third-order valence-electron chi connectivity index (χ3n) is 7.23.